The lowest BCUT2D eigenvalue weighted by atomic mass is 10.1. The van der Waals surface area contributed by atoms with E-state index >= 15 is 0 Å². The summed E-state index contributed by atoms with van der Waals surface area (Å²) in [7, 11) is 1.59. The minimum atomic E-state index is -0.570. The second kappa shape index (κ2) is 6.64. The van der Waals surface area contributed by atoms with Crippen LogP contribution < -0.4 is 9.47 Å². The van der Waals surface area contributed by atoms with Crippen molar-refractivity contribution in [3.05, 3.63) is 58.6 Å². The number of Topliss-reactive ketones (excluding diaryl/α,β-unsaturated/α-hetero) is 1. The molecule has 0 spiro atoms. The molecule has 21 heavy (non-hydrogen) atoms. The zero-order valence-electron chi connectivity index (χ0n) is 12.2. The van der Waals surface area contributed by atoms with E-state index in [0.29, 0.717) is 22.1 Å². The van der Waals surface area contributed by atoms with Gasteiger partial charge in [-0.3, -0.25) is 4.79 Å². The molecule has 0 radical (unpaired) electrons. The first kappa shape index (κ1) is 15.4. The van der Waals surface area contributed by atoms with Crippen LogP contribution in [0.2, 0.25) is 5.02 Å². The maximum atomic E-state index is 12.3. The molecule has 4 heteroatoms. The first-order valence-electron chi connectivity index (χ1n) is 6.62. The topological polar surface area (TPSA) is 35.5 Å². The maximum Gasteiger partial charge on any atom is 0.202 e. The van der Waals surface area contributed by atoms with Gasteiger partial charge in [0.1, 0.15) is 11.5 Å². The average Bonchev–Trinajstić information content (AvgIpc) is 2.50. The van der Waals surface area contributed by atoms with Gasteiger partial charge in [-0.1, -0.05) is 11.6 Å². The summed E-state index contributed by atoms with van der Waals surface area (Å²) in [6.07, 6.45) is -0.570. The number of hydrogen-bond acceptors (Lipinski definition) is 3. The Labute approximate surface area is 129 Å². The summed E-state index contributed by atoms with van der Waals surface area (Å²) >= 11 is 5.97. The van der Waals surface area contributed by atoms with E-state index in [0.717, 1.165) is 5.56 Å². The van der Waals surface area contributed by atoms with Gasteiger partial charge in [0.15, 0.2) is 6.10 Å². The van der Waals surface area contributed by atoms with E-state index in [-0.39, 0.29) is 5.78 Å². The number of carbonyl (C=O) groups is 1. The maximum absolute atomic E-state index is 12.3. The summed E-state index contributed by atoms with van der Waals surface area (Å²) in [4.78, 5) is 12.3. The average molecular weight is 305 g/mol. The normalized spacial score (nSPS) is 11.8. The van der Waals surface area contributed by atoms with Crippen LogP contribution in [0.3, 0.4) is 0 Å². The highest BCUT2D eigenvalue weighted by Crippen LogP contribution is 2.22. The Morgan fingerprint density at radius 1 is 1.10 bits per heavy atom. The van der Waals surface area contributed by atoms with Crippen molar-refractivity contribution in [3.8, 4) is 11.5 Å². The van der Waals surface area contributed by atoms with Gasteiger partial charge in [0, 0.05) is 10.6 Å². The number of methoxy groups -OCH3 is 1. The van der Waals surface area contributed by atoms with Crippen molar-refractivity contribution in [2.24, 2.45) is 0 Å². The zero-order valence-corrected chi connectivity index (χ0v) is 13.0. The number of rotatable bonds is 5. The number of hydrogen-bond donors (Lipinski definition) is 0. The lowest BCUT2D eigenvalue weighted by Crippen LogP contribution is -2.23. The molecule has 0 aliphatic carbocycles. The minimum Gasteiger partial charge on any atom is -0.497 e. The molecule has 0 aromatic heterocycles. The van der Waals surface area contributed by atoms with Gasteiger partial charge < -0.3 is 9.47 Å². The molecule has 0 aliphatic rings. The van der Waals surface area contributed by atoms with E-state index in [1.54, 1.807) is 50.4 Å². The molecular formula is C17H17ClO3. The van der Waals surface area contributed by atoms with Crippen molar-refractivity contribution in [1.29, 1.82) is 0 Å². The second-order valence-electron chi connectivity index (χ2n) is 4.76. The van der Waals surface area contributed by atoms with Crippen LogP contribution in [0.15, 0.2) is 42.5 Å². The Balaban J connectivity index is 2.09. The van der Waals surface area contributed by atoms with E-state index in [9.17, 15) is 4.79 Å². The van der Waals surface area contributed by atoms with Crippen LogP contribution >= 0.6 is 11.6 Å². The lowest BCUT2D eigenvalue weighted by Gasteiger charge is -2.14. The van der Waals surface area contributed by atoms with Gasteiger partial charge in [0.25, 0.3) is 0 Å². The molecule has 2 aromatic rings. The number of halogens is 1. The number of ketones is 1. The van der Waals surface area contributed by atoms with Crippen molar-refractivity contribution >= 4 is 17.4 Å². The SMILES string of the molecule is COc1ccc(C(=O)C(C)Oc2ccc(Cl)c(C)c2)cc1. The van der Waals surface area contributed by atoms with E-state index < -0.39 is 6.10 Å². The van der Waals surface area contributed by atoms with Crippen LogP contribution in [0.5, 0.6) is 11.5 Å². The Kier molecular flexibility index (Phi) is 4.86. The van der Waals surface area contributed by atoms with Gasteiger partial charge in [-0.2, -0.15) is 0 Å². The predicted molar refractivity (Wildman–Crippen MR) is 83.6 cm³/mol. The Hall–Kier alpha value is -2.00. The summed E-state index contributed by atoms with van der Waals surface area (Å²) < 4.78 is 10.8. The Bertz CT molecular complexity index is 635. The van der Waals surface area contributed by atoms with Gasteiger partial charge in [0.05, 0.1) is 7.11 Å². The zero-order chi connectivity index (χ0) is 15.4. The first-order chi connectivity index (χ1) is 10.0. The van der Waals surface area contributed by atoms with Crippen molar-refractivity contribution < 1.29 is 14.3 Å². The van der Waals surface area contributed by atoms with E-state index in [1.807, 2.05) is 13.0 Å². The van der Waals surface area contributed by atoms with E-state index in [4.69, 9.17) is 21.1 Å². The monoisotopic (exact) mass is 304 g/mol. The molecule has 2 aromatic carbocycles. The molecule has 0 bridgehead atoms. The molecular weight excluding hydrogens is 288 g/mol. The largest absolute Gasteiger partial charge is 0.497 e. The summed E-state index contributed by atoms with van der Waals surface area (Å²) in [5.41, 5.74) is 1.51. The van der Waals surface area contributed by atoms with Crippen molar-refractivity contribution in [2.75, 3.05) is 7.11 Å². The lowest BCUT2D eigenvalue weighted by molar-refractivity contribution is 0.0818. The molecule has 0 heterocycles. The first-order valence-corrected chi connectivity index (χ1v) is 7.00. The van der Waals surface area contributed by atoms with Gasteiger partial charge in [-0.05, 0) is 61.9 Å². The third-order valence-corrected chi connectivity index (χ3v) is 3.61. The molecule has 0 saturated heterocycles. The molecule has 1 unspecified atom stereocenters. The summed E-state index contributed by atoms with van der Waals surface area (Å²) in [6, 6.07) is 12.3. The van der Waals surface area contributed by atoms with E-state index in [1.165, 1.54) is 0 Å². The molecule has 2 rings (SSSR count). The molecule has 0 amide bonds. The fraction of sp³-hybridized carbons (Fsp3) is 0.235. The highest BCUT2D eigenvalue weighted by molar-refractivity contribution is 6.31. The second-order valence-corrected chi connectivity index (χ2v) is 5.17. The fourth-order valence-corrected chi connectivity index (χ4v) is 2.06. The number of ether oxygens (including phenoxy) is 2. The third-order valence-electron chi connectivity index (χ3n) is 3.19. The Morgan fingerprint density at radius 2 is 1.71 bits per heavy atom. The molecule has 0 aliphatic heterocycles. The quantitative estimate of drug-likeness (QED) is 0.772. The highest BCUT2D eigenvalue weighted by atomic mass is 35.5. The van der Waals surface area contributed by atoms with Crippen LogP contribution in [0.4, 0.5) is 0 Å². The molecule has 3 nitrogen and oxygen atoms in total. The molecule has 0 N–H and O–H groups in total. The number of aryl methyl sites for hydroxylation is 1. The number of carbonyl (C=O) groups excluding carboxylic acids is 1. The van der Waals surface area contributed by atoms with Gasteiger partial charge in [0.2, 0.25) is 5.78 Å². The van der Waals surface area contributed by atoms with Crippen molar-refractivity contribution in [3.63, 3.8) is 0 Å². The molecule has 0 saturated carbocycles. The van der Waals surface area contributed by atoms with Crippen molar-refractivity contribution in [1.82, 2.24) is 0 Å². The predicted octanol–water partition coefficient (Wildman–Crippen LogP) is 4.31. The van der Waals surface area contributed by atoms with Gasteiger partial charge in [-0.15, -0.1) is 0 Å². The standard InChI is InChI=1S/C17H17ClO3/c1-11-10-15(8-9-16(11)18)21-12(2)17(19)13-4-6-14(20-3)7-5-13/h4-10,12H,1-3H3. The molecule has 110 valence electrons. The van der Waals surface area contributed by atoms with Crippen LogP contribution in [-0.4, -0.2) is 19.0 Å². The van der Waals surface area contributed by atoms with Crippen LogP contribution in [-0.2, 0) is 0 Å². The van der Waals surface area contributed by atoms with Crippen LogP contribution in [0.25, 0.3) is 0 Å². The summed E-state index contributed by atoms with van der Waals surface area (Å²) in [5, 5.41) is 0.677. The third kappa shape index (κ3) is 3.76. The van der Waals surface area contributed by atoms with Crippen molar-refractivity contribution in [2.45, 2.75) is 20.0 Å². The highest BCUT2D eigenvalue weighted by Gasteiger charge is 2.17. The minimum absolute atomic E-state index is 0.0785. The van der Waals surface area contributed by atoms with Crippen LogP contribution in [0.1, 0.15) is 22.8 Å². The molecule has 1 atom stereocenters. The Morgan fingerprint density at radius 3 is 2.29 bits per heavy atom. The smallest absolute Gasteiger partial charge is 0.202 e. The summed E-state index contributed by atoms with van der Waals surface area (Å²) in [5.74, 6) is 1.27. The summed E-state index contributed by atoms with van der Waals surface area (Å²) in [6.45, 7) is 3.63. The van der Waals surface area contributed by atoms with Crippen LogP contribution in [0, 0.1) is 6.92 Å². The number of benzene rings is 2. The fourth-order valence-electron chi connectivity index (χ4n) is 1.94. The van der Waals surface area contributed by atoms with Gasteiger partial charge >= 0.3 is 0 Å². The van der Waals surface area contributed by atoms with Gasteiger partial charge in [-0.25, -0.2) is 0 Å². The molecule has 0 fully saturated rings. The van der Waals surface area contributed by atoms with E-state index in [2.05, 4.69) is 0 Å².